The lowest BCUT2D eigenvalue weighted by Crippen LogP contribution is -2.47. The summed E-state index contributed by atoms with van der Waals surface area (Å²) < 4.78 is 5.74. The van der Waals surface area contributed by atoms with Crippen LogP contribution < -0.4 is 0 Å². The van der Waals surface area contributed by atoms with Crippen LogP contribution in [0.4, 0.5) is 0 Å². The molecule has 2 nitrogen and oxygen atoms in total. The van der Waals surface area contributed by atoms with Gasteiger partial charge < -0.3 is 4.42 Å². The smallest absolute Gasteiger partial charge is 0.134 e. The third kappa shape index (κ3) is 2.58. The minimum Gasteiger partial charge on any atom is -0.464 e. The van der Waals surface area contributed by atoms with Crippen LogP contribution in [0.1, 0.15) is 28.7 Å². The molecule has 0 radical (unpaired) electrons. The number of likely N-dealkylation sites (tertiary alicyclic amines) is 1. The fourth-order valence-electron chi connectivity index (χ4n) is 4.01. The van der Waals surface area contributed by atoms with Crippen LogP contribution in [0.3, 0.4) is 0 Å². The molecule has 1 aliphatic rings. The van der Waals surface area contributed by atoms with Crippen molar-refractivity contribution in [1.82, 2.24) is 4.90 Å². The molecule has 1 fully saturated rings. The minimum absolute atomic E-state index is 0.261. The quantitative estimate of drug-likeness (QED) is 0.507. The zero-order valence-electron chi connectivity index (χ0n) is 14.4. The van der Waals surface area contributed by atoms with Gasteiger partial charge in [-0.25, -0.2) is 0 Å². The van der Waals surface area contributed by atoms with Gasteiger partial charge >= 0.3 is 0 Å². The highest BCUT2D eigenvalue weighted by Crippen LogP contribution is 2.40. The molecule has 0 amide bonds. The van der Waals surface area contributed by atoms with E-state index in [2.05, 4.69) is 71.6 Å². The van der Waals surface area contributed by atoms with E-state index >= 15 is 0 Å². The van der Waals surface area contributed by atoms with Crippen LogP contribution in [0.25, 0.3) is 11.0 Å². The van der Waals surface area contributed by atoms with Gasteiger partial charge in [-0.15, -0.1) is 0 Å². The average molecular weight is 337 g/mol. The van der Waals surface area contributed by atoms with Crippen molar-refractivity contribution >= 4 is 11.0 Å². The number of hydrogen-bond donors (Lipinski definition) is 0. The largest absolute Gasteiger partial charge is 0.464 e. The molecule has 26 heavy (non-hydrogen) atoms. The summed E-state index contributed by atoms with van der Waals surface area (Å²) in [6, 6.07) is 31.6. The topological polar surface area (TPSA) is 16.4 Å². The van der Waals surface area contributed by atoms with E-state index in [9.17, 15) is 0 Å². The highest BCUT2D eigenvalue weighted by molar-refractivity contribution is 5.81. The molecular formula is C24H19NO. The fraction of sp³-hybridized carbons (Fsp3) is 0.167. The van der Waals surface area contributed by atoms with Crippen LogP contribution in [-0.4, -0.2) is 18.0 Å². The summed E-state index contributed by atoms with van der Waals surface area (Å²) in [5.74, 6) is 0.518. The molecule has 0 N–H and O–H groups in total. The lowest BCUT2D eigenvalue weighted by molar-refractivity contribution is 0.111. The molecule has 5 rings (SSSR count). The maximum absolute atomic E-state index is 5.74. The number of nitrogens with zero attached hydrogens (tertiary/aromatic N) is 1. The maximum atomic E-state index is 5.74. The molecule has 0 bridgehead atoms. The summed E-state index contributed by atoms with van der Waals surface area (Å²) in [6.07, 6.45) is 1.94. The van der Waals surface area contributed by atoms with E-state index in [1.165, 1.54) is 22.1 Å². The zero-order valence-corrected chi connectivity index (χ0v) is 14.4. The van der Waals surface area contributed by atoms with Gasteiger partial charge in [0.05, 0.1) is 12.3 Å². The molecule has 1 atom stereocenters. The van der Waals surface area contributed by atoms with Crippen molar-refractivity contribution in [3.05, 3.63) is 108 Å². The van der Waals surface area contributed by atoms with Crippen molar-refractivity contribution in [1.29, 1.82) is 0 Å². The molecule has 4 aromatic rings. The van der Waals surface area contributed by atoms with Crippen LogP contribution >= 0.6 is 0 Å². The number of furan rings is 1. The minimum atomic E-state index is 0.261. The van der Waals surface area contributed by atoms with E-state index < -0.39 is 0 Å². The normalized spacial score (nSPS) is 15.1. The third-order valence-corrected chi connectivity index (χ3v) is 5.34. The van der Waals surface area contributed by atoms with E-state index in [4.69, 9.17) is 4.42 Å². The van der Waals surface area contributed by atoms with Crippen molar-refractivity contribution < 1.29 is 4.42 Å². The number of hydrogen-bond acceptors (Lipinski definition) is 2. The molecule has 1 unspecified atom stereocenters. The summed E-state index contributed by atoms with van der Waals surface area (Å²) in [5.41, 5.74) is 4.90. The Morgan fingerprint density at radius 3 is 2.50 bits per heavy atom. The van der Waals surface area contributed by atoms with Crippen LogP contribution in [0.15, 0.2) is 83.5 Å². The van der Waals surface area contributed by atoms with Crippen molar-refractivity contribution in [3.8, 4) is 0 Å². The first kappa shape index (κ1) is 15.3. The Kier molecular flexibility index (Phi) is 3.74. The summed E-state index contributed by atoms with van der Waals surface area (Å²) >= 11 is 0. The van der Waals surface area contributed by atoms with Gasteiger partial charge in [-0.2, -0.15) is 0 Å². The molecule has 1 aliphatic heterocycles. The Hall–Kier alpha value is -3.02. The Balaban J connectivity index is 1.43. The first-order valence-electron chi connectivity index (χ1n) is 9.03. The first-order chi connectivity index (χ1) is 12.9. The van der Waals surface area contributed by atoms with E-state index in [0.717, 1.165) is 18.7 Å². The lowest BCUT2D eigenvalue weighted by Gasteiger charge is -2.44. The predicted molar refractivity (Wildman–Crippen MR) is 103 cm³/mol. The van der Waals surface area contributed by atoms with Gasteiger partial charge in [-0.1, -0.05) is 60.7 Å². The Morgan fingerprint density at radius 1 is 0.885 bits per heavy atom. The van der Waals surface area contributed by atoms with E-state index in [0.29, 0.717) is 5.92 Å². The standard InChI is InChI=1S/C24H19NO/c1-3-9-18(10-4-1)24(19-11-5-2-6-12-19)25-15-20(16-25)22-17-26-23-14-8-7-13-21(22)23/h1,3-5,7-14,17,20,24H,15-16H2. The predicted octanol–water partition coefficient (Wildman–Crippen LogP) is 5.22. The van der Waals surface area contributed by atoms with Gasteiger partial charge in [-0.05, 0) is 35.4 Å². The molecule has 0 aliphatic carbocycles. The zero-order chi connectivity index (χ0) is 17.3. The molecule has 2 heterocycles. The molecular weight excluding hydrogens is 318 g/mol. The molecule has 1 saturated heterocycles. The van der Waals surface area contributed by atoms with E-state index in [1.807, 2.05) is 24.5 Å². The Morgan fingerprint density at radius 2 is 1.69 bits per heavy atom. The van der Waals surface area contributed by atoms with Crippen LogP contribution in [0.2, 0.25) is 0 Å². The number of fused-ring (bicyclic) bond motifs is 1. The fourth-order valence-corrected chi connectivity index (χ4v) is 4.01. The van der Waals surface area contributed by atoms with Crippen molar-refractivity contribution in [2.45, 2.75) is 12.0 Å². The van der Waals surface area contributed by atoms with Crippen LogP contribution in [-0.2, 0) is 0 Å². The highest BCUT2D eigenvalue weighted by Gasteiger charge is 2.36. The van der Waals surface area contributed by atoms with Crippen molar-refractivity contribution in [2.24, 2.45) is 0 Å². The van der Waals surface area contributed by atoms with Gasteiger partial charge in [0, 0.05) is 30.0 Å². The molecule has 0 saturated carbocycles. The van der Waals surface area contributed by atoms with Crippen molar-refractivity contribution in [2.75, 3.05) is 13.1 Å². The van der Waals surface area contributed by atoms with Gasteiger partial charge in [-0.3, -0.25) is 4.90 Å². The average Bonchev–Trinajstić information content (AvgIpc) is 3.09. The van der Waals surface area contributed by atoms with E-state index in [1.54, 1.807) is 0 Å². The molecule has 1 aromatic heterocycles. The monoisotopic (exact) mass is 337 g/mol. The molecule has 3 aromatic carbocycles. The summed E-state index contributed by atoms with van der Waals surface area (Å²) in [6.45, 7) is 2.06. The summed E-state index contributed by atoms with van der Waals surface area (Å²) in [4.78, 5) is 2.53. The molecule has 126 valence electrons. The number of rotatable bonds is 4. The van der Waals surface area contributed by atoms with Gasteiger partial charge in [0.25, 0.3) is 0 Å². The second-order valence-electron chi connectivity index (χ2n) is 6.92. The second-order valence-corrected chi connectivity index (χ2v) is 6.92. The number of para-hydroxylation sites is 1. The van der Waals surface area contributed by atoms with Gasteiger partial charge in [0.15, 0.2) is 0 Å². The van der Waals surface area contributed by atoms with Crippen molar-refractivity contribution in [3.63, 3.8) is 0 Å². The molecule has 0 spiro atoms. The van der Waals surface area contributed by atoms with E-state index in [-0.39, 0.29) is 6.04 Å². The number of benzene rings is 2. The Labute approximate surface area is 153 Å². The summed E-state index contributed by atoms with van der Waals surface area (Å²) in [7, 11) is 0. The summed E-state index contributed by atoms with van der Waals surface area (Å²) in [5, 5.41) is 1.25. The first-order valence-corrected chi connectivity index (χ1v) is 9.03. The maximum Gasteiger partial charge on any atom is 0.134 e. The van der Waals surface area contributed by atoms with Gasteiger partial charge in [0.2, 0.25) is 0 Å². The van der Waals surface area contributed by atoms with Crippen LogP contribution in [0.5, 0.6) is 0 Å². The van der Waals surface area contributed by atoms with Gasteiger partial charge in [0.1, 0.15) is 5.58 Å². The third-order valence-electron chi connectivity index (χ3n) is 5.34. The second kappa shape index (κ2) is 6.37. The molecule has 2 heteroatoms. The lowest BCUT2D eigenvalue weighted by atomic mass is 9.86. The van der Waals surface area contributed by atoms with Crippen LogP contribution in [0, 0.1) is 12.1 Å². The SMILES string of the molecule is c1ccc(C(c2ccccc2)N2CC(c3coc4ccccc34)C2)cc#1. The Bertz CT molecular complexity index is 961. The highest BCUT2D eigenvalue weighted by atomic mass is 16.3.